The zero-order valence-electron chi connectivity index (χ0n) is 20.1. The number of hydrogen-bond acceptors (Lipinski definition) is 4. The minimum atomic E-state index is 0.168. The van der Waals surface area contributed by atoms with Gasteiger partial charge in [0.2, 0.25) is 5.91 Å². The topological polar surface area (TPSA) is 69.2 Å². The lowest BCUT2D eigenvalue weighted by atomic mass is 9.98. The third-order valence-corrected chi connectivity index (χ3v) is 6.30. The first kappa shape index (κ1) is 24.4. The quantitative estimate of drug-likeness (QED) is 0.478. The molecule has 2 N–H and O–H groups in total. The maximum Gasteiger partial charge on any atom is 0.236 e. The number of likely N-dealkylation sites (tertiary alicyclic amines) is 1. The van der Waals surface area contributed by atoms with E-state index in [1.54, 1.807) is 4.90 Å². The van der Waals surface area contributed by atoms with Crippen LogP contribution < -0.4 is 15.4 Å². The summed E-state index contributed by atoms with van der Waals surface area (Å²) >= 11 is 0. The van der Waals surface area contributed by atoms with Crippen molar-refractivity contribution in [3.8, 4) is 5.75 Å². The summed E-state index contributed by atoms with van der Waals surface area (Å²) in [6.45, 7) is 5.90. The largest absolute Gasteiger partial charge is 0.490 e. The van der Waals surface area contributed by atoms with Crippen LogP contribution in [0.15, 0.2) is 29.3 Å². The lowest BCUT2D eigenvalue weighted by Crippen LogP contribution is -2.50. The third kappa shape index (κ3) is 8.01. The molecule has 1 aromatic rings. The summed E-state index contributed by atoms with van der Waals surface area (Å²) in [6, 6.07) is 8.73. The first-order valence-electron chi connectivity index (χ1n) is 12.3. The predicted molar refractivity (Wildman–Crippen MR) is 130 cm³/mol. The zero-order valence-corrected chi connectivity index (χ0v) is 20.1. The van der Waals surface area contributed by atoms with Gasteiger partial charge in [0.05, 0.1) is 19.2 Å². The van der Waals surface area contributed by atoms with E-state index >= 15 is 0 Å². The summed E-state index contributed by atoms with van der Waals surface area (Å²) in [5.74, 6) is 1.98. The molecule has 0 unspecified atom stereocenters. The molecular weight excluding hydrogens is 402 g/mol. The maximum absolute atomic E-state index is 11.9. The molecule has 7 heteroatoms. The molecule has 1 aromatic carbocycles. The van der Waals surface area contributed by atoms with Gasteiger partial charge in [-0.1, -0.05) is 18.6 Å². The third-order valence-electron chi connectivity index (χ3n) is 6.30. The Morgan fingerprint density at radius 1 is 1.16 bits per heavy atom. The highest BCUT2D eigenvalue weighted by Gasteiger charge is 2.22. The van der Waals surface area contributed by atoms with Crippen molar-refractivity contribution in [3.63, 3.8) is 0 Å². The molecule has 0 atom stereocenters. The summed E-state index contributed by atoms with van der Waals surface area (Å²) in [5, 5.41) is 6.96. The summed E-state index contributed by atoms with van der Waals surface area (Å²) in [5.41, 5.74) is 1.16. The van der Waals surface area contributed by atoms with Gasteiger partial charge in [-0.05, 0) is 63.1 Å². The van der Waals surface area contributed by atoms with Crippen LogP contribution in [0.1, 0.15) is 57.4 Å². The number of likely N-dealkylation sites (N-methyl/N-ethyl adjacent to an activating group) is 1. The van der Waals surface area contributed by atoms with Crippen molar-refractivity contribution < 1.29 is 9.53 Å². The summed E-state index contributed by atoms with van der Waals surface area (Å²) in [7, 11) is 3.63. The molecule has 0 bridgehead atoms. The van der Waals surface area contributed by atoms with Crippen LogP contribution in [-0.4, -0.2) is 74.1 Å². The van der Waals surface area contributed by atoms with Crippen molar-refractivity contribution in [2.45, 2.75) is 70.6 Å². The average molecular weight is 444 g/mol. The average Bonchev–Trinajstić information content (AvgIpc) is 2.80. The highest BCUT2D eigenvalue weighted by molar-refractivity contribution is 5.80. The molecule has 1 amide bonds. The first-order valence-corrected chi connectivity index (χ1v) is 12.3. The fourth-order valence-corrected chi connectivity index (χ4v) is 4.34. The van der Waals surface area contributed by atoms with Gasteiger partial charge in [0.25, 0.3) is 0 Å². The molecule has 178 valence electrons. The Balaban J connectivity index is 1.49. The van der Waals surface area contributed by atoms with Crippen LogP contribution in [0.2, 0.25) is 0 Å². The second-order valence-electron chi connectivity index (χ2n) is 9.20. The van der Waals surface area contributed by atoms with Crippen LogP contribution in [0.4, 0.5) is 0 Å². The molecule has 1 aliphatic heterocycles. The van der Waals surface area contributed by atoms with E-state index in [0.29, 0.717) is 25.2 Å². The van der Waals surface area contributed by atoms with Gasteiger partial charge in [0, 0.05) is 39.8 Å². The summed E-state index contributed by atoms with van der Waals surface area (Å²) in [4.78, 5) is 20.7. The van der Waals surface area contributed by atoms with Gasteiger partial charge in [-0.2, -0.15) is 0 Å². The van der Waals surface area contributed by atoms with Crippen molar-refractivity contribution >= 4 is 11.9 Å². The smallest absolute Gasteiger partial charge is 0.236 e. The first-order chi connectivity index (χ1) is 15.5. The highest BCUT2D eigenvalue weighted by Crippen LogP contribution is 2.24. The summed E-state index contributed by atoms with van der Waals surface area (Å²) < 4.78 is 6.21. The molecule has 2 aliphatic rings. The Morgan fingerprint density at radius 3 is 2.59 bits per heavy atom. The van der Waals surface area contributed by atoms with E-state index in [1.807, 2.05) is 14.1 Å². The van der Waals surface area contributed by atoms with Crippen molar-refractivity contribution in [1.29, 1.82) is 0 Å². The van der Waals surface area contributed by atoms with Gasteiger partial charge in [-0.3, -0.25) is 9.69 Å². The Hall–Kier alpha value is -2.28. The van der Waals surface area contributed by atoms with Crippen LogP contribution in [0.5, 0.6) is 5.75 Å². The number of amides is 1. The van der Waals surface area contributed by atoms with E-state index < -0.39 is 0 Å². The monoisotopic (exact) mass is 443 g/mol. The molecule has 2 fully saturated rings. The number of nitrogens with one attached hydrogen (secondary N) is 2. The normalized spacial score (nSPS) is 18.9. The minimum absolute atomic E-state index is 0.168. The molecule has 32 heavy (non-hydrogen) atoms. The fourth-order valence-electron chi connectivity index (χ4n) is 4.34. The van der Waals surface area contributed by atoms with Crippen molar-refractivity contribution in [2.24, 2.45) is 4.99 Å². The number of piperidine rings is 1. The molecule has 1 saturated heterocycles. The van der Waals surface area contributed by atoms with E-state index in [4.69, 9.17) is 9.73 Å². The molecule has 1 saturated carbocycles. The predicted octanol–water partition coefficient (Wildman–Crippen LogP) is 3.01. The lowest BCUT2D eigenvalue weighted by Gasteiger charge is -2.33. The van der Waals surface area contributed by atoms with Gasteiger partial charge in [0.1, 0.15) is 5.75 Å². The number of hydrogen-bond donors (Lipinski definition) is 2. The van der Waals surface area contributed by atoms with E-state index in [0.717, 1.165) is 49.7 Å². The SMILES string of the molecule is CCNC(=NCc1cccc(OC2CCCCC2)c1)NC1CCN(CC(=O)N(C)C)CC1. The number of carbonyl (C=O) groups is 1. The van der Waals surface area contributed by atoms with Crippen LogP contribution >= 0.6 is 0 Å². The van der Waals surface area contributed by atoms with Crippen LogP contribution in [-0.2, 0) is 11.3 Å². The maximum atomic E-state index is 11.9. The summed E-state index contributed by atoms with van der Waals surface area (Å²) in [6.07, 6.45) is 8.60. The van der Waals surface area contributed by atoms with Gasteiger partial charge in [-0.15, -0.1) is 0 Å². The van der Waals surface area contributed by atoms with Crippen LogP contribution in [0, 0.1) is 0 Å². The second kappa shape index (κ2) is 12.7. The molecular formula is C25H41N5O2. The van der Waals surface area contributed by atoms with Crippen molar-refractivity contribution in [3.05, 3.63) is 29.8 Å². The molecule has 7 nitrogen and oxygen atoms in total. The van der Waals surface area contributed by atoms with Gasteiger partial charge >= 0.3 is 0 Å². The number of aliphatic imine (C=N–C) groups is 1. The number of ether oxygens (including phenoxy) is 1. The zero-order chi connectivity index (χ0) is 22.8. The lowest BCUT2D eigenvalue weighted by molar-refractivity contribution is -0.130. The van der Waals surface area contributed by atoms with Gasteiger partial charge in [0.15, 0.2) is 5.96 Å². The Bertz CT molecular complexity index is 738. The number of guanidine groups is 1. The Morgan fingerprint density at radius 2 is 1.91 bits per heavy atom. The van der Waals surface area contributed by atoms with Crippen molar-refractivity contribution in [2.75, 3.05) is 40.3 Å². The molecule has 0 spiro atoms. The second-order valence-corrected chi connectivity index (χ2v) is 9.20. The molecule has 1 heterocycles. The molecule has 1 aliphatic carbocycles. The minimum Gasteiger partial charge on any atom is -0.490 e. The standard InChI is InChI=1S/C25H41N5O2/c1-4-26-25(28-21-13-15-30(16-14-21)19-24(31)29(2)3)27-18-20-9-8-12-23(17-20)32-22-10-6-5-7-11-22/h8-9,12,17,21-22H,4-7,10-11,13-16,18-19H2,1-3H3,(H2,26,27,28). The van der Waals surface area contributed by atoms with Crippen LogP contribution in [0.3, 0.4) is 0 Å². The molecule has 3 rings (SSSR count). The number of benzene rings is 1. The van der Waals surface area contributed by atoms with Crippen molar-refractivity contribution in [1.82, 2.24) is 20.4 Å². The van der Waals surface area contributed by atoms with E-state index in [2.05, 4.69) is 46.7 Å². The van der Waals surface area contributed by atoms with Gasteiger partial charge < -0.3 is 20.3 Å². The Labute approximate surface area is 193 Å². The van der Waals surface area contributed by atoms with E-state index in [1.165, 1.54) is 32.1 Å². The Kier molecular flexibility index (Phi) is 9.65. The van der Waals surface area contributed by atoms with E-state index in [9.17, 15) is 4.79 Å². The molecule has 0 radical (unpaired) electrons. The van der Waals surface area contributed by atoms with E-state index in [-0.39, 0.29) is 5.91 Å². The highest BCUT2D eigenvalue weighted by atomic mass is 16.5. The number of rotatable bonds is 8. The fraction of sp³-hybridized carbons (Fsp3) is 0.680. The number of nitrogens with zero attached hydrogens (tertiary/aromatic N) is 3. The van der Waals surface area contributed by atoms with Crippen LogP contribution in [0.25, 0.3) is 0 Å². The number of carbonyl (C=O) groups excluding carboxylic acids is 1. The molecule has 0 aromatic heterocycles. The van der Waals surface area contributed by atoms with Gasteiger partial charge in [-0.25, -0.2) is 4.99 Å².